The van der Waals surface area contributed by atoms with E-state index in [0.717, 1.165) is 17.0 Å². The highest BCUT2D eigenvalue weighted by Crippen LogP contribution is 2.41. The fourth-order valence-corrected chi connectivity index (χ4v) is 3.76. The standard InChI is InChI=1S/C19H18N2OS/c22-19(18-17(15-8-9-15)21-12-23-18)20-11-10-14-6-3-5-13-4-1-2-7-16(13)14/h1-7,12,15H,8-11H2,(H,20,22). The average Bonchev–Trinajstić information content (AvgIpc) is 3.31. The van der Waals surface area contributed by atoms with Gasteiger partial charge >= 0.3 is 0 Å². The summed E-state index contributed by atoms with van der Waals surface area (Å²) in [4.78, 5) is 17.5. The predicted molar refractivity (Wildman–Crippen MR) is 94.1 cm³/mol. The second kappa shape index (κ2) is 6.13. The van der Waals surface area contributed by atoms with Gasteiger partial charge in [0, 0.05) is 12.5 Å². The van der Waals surface area contributed by atoms with Crippen molar-refractivity contribution in [1.82, 2.24) is 10.3 Å². The molecule has 2 aromatic carbocycles. The van der Waals surface area contributed by atoms with Gasteiger partial charge < -0.3 is 5.32 Å². The molecule has 1 amide bonds. The number of hydrogen-bond donors (Lipinski definition) is 1. The summed E-state index contributed by atoms with van der Waals surface area (Å²) in [6, 6.07) is 14.7. The summed E-state index contributed by atoms with van der Waals surface area (Å²) < 4.78 is 0. The Kier molecular flexibility index (Phi) is 3.83. The zero-order valence-electron chi connectivity index (χ0n) is 12.8. The fourth-order valence-electron chi connectivity index (χ4n) is 2.97. The lowest BCUT2D eigenvalue weighted by molar-refractivity contribution is 0.0957. The van der Waals surface area contributed by atoms with Crippen molar-refractivity contribution in [3.63, 3.8) is 0 Å². The van der Waals surface area contributed by atoms with Crippen molar-refractivity contribution in [2.24, 2.45) is 0 Å². The SMILES string of the molecule is O=C(NCCc1cccc2ccccc12)c1scnc1C1CC1. The van der Waals surface area contributed by atoms with Crippen LogP contribution in [0.3, 0.4) is 0 Å². The molecule has 3 nitrogen and oxygen atoms in total. The number of nitrogens with zero attached hydrogens (tertiary/aromatic N) is 1. The van der Waals surface area contributed by atoms with E-state index in [1.54, 1.807) is 5.51 Å². The van der Waals surface area contributed by atoms with Gasteiger partial charge in [0.25, 0.3) is 5.91 Å². The summed E-state index contributed by atoms with van der Waals surface area (Å²) in [5.41, 5.74) is 4.06. The lowest BCUT2D eigenvalue weighted by atomic mass is 10.0. The van der Waals surface area contributed by atoms with Crippen LogP contribution in [0.15, 0.2) is 48.0 Å². The molecule has 23 heavy (non-hydrogen) atoms. The number of carbonyl (C=O) groups excluding carboxylic acids is 1. The Morgan fingerprint density at radius 1 is 1.17 bits per heavy atom. The van der Waals surface area contributed by atoms with Crippen molar-refractivity contribution in [3.05, 3.63) is 64.1 Å². The molecule has 1 aliphatic carbocycles. The quantitative estimate of drug-likeness (QED) is 0.767. The molecule has 0 radical (unpaired) electrons. The molecule has 0 aliphatic heterocycles. The first-order valence-electron chi connectivity index (χ1n) is 8.01. The minimum absolute atomic E-state index is 0.0228. The minimum atomic E-state index is 0.0228. The van der Waals surface area contributed by atoms with E-state index in [2.05, 4.69) is 52.8 Å². The second-order valence-electron chi connectivity index (χ2n) is 5.99. The van der Waals surface area contributed by atoms with Gasteiger partial charge in [0.1, 0.15) is 4.88 Å². The van der Waals surface area contributed by atoms with Crippen LogP contribution in [0.2, 0.25) is 0 Å². The molecular weight excluding hydrogens is 304 g/mol. The lowest BCUT2D eigenvalue weighted by Gasteiger charge is -2.08. The van der Waals surface area contributed by atoms with Gasteiger partial charge in [-0.3, -0.25) is 4.79 Å². The Balaban J connectivity index is 1.43. The van der Waals surface area contributed by atoms with Crippen molar-refractivity contribution in [3.8, 4) is 0 Å². The van der Waals surface area contributed by atoms with E-state index in [1.165, 1.54) is 40.5 Å². The molecule has 0 spiro atoms. The number of fused-ring (bicyclic) bond motifs is 1. The van der Waals surface area contributed by atoms with Crippen LogP contribution in [-0.4, -0.2) is 17.4 Å². The molecule has 1 fully saturated rings. The first-order valence-corrected chi connectivity index (χ1v) is 8.89. The molecule has 3 aromatic rings. The number of rotatable bonds is 5. The van der Waals surface area contributed by atoms with Gasteiger partial charge in [-0.1, -0.05) is 42.5 Å². The average molecular weight is 322 g/mol. The summed E-state index contributed by atoms with van der Waals surface area (Å²) >= 11 is 1.45. The largest absolute Gasteiger partial charge is 0.351 e. The van der Waals surface area contributed by atoms with Crippen LogP contribution >= 0.6 is 11.3 Å². The Bertz CT molecular complexity index is 846. The van der Waals surface area contributed by atoms with E-state index in [4.69, 9.17) is 0 Å². The predicted octanol–water partition coefficient (Wildman–Crippen LogP) is 4.15. The summed E-state index contributed by atoms with van der Waals surface area (Å²) in [6.45, 7) is 0.648. The first kappa shape index (κ1) is 14.4. The van der Waals surface area contributed by atoms with E-state index in [0.29, 0.717) is 12.5 Å². The molecule has 1 heterocycles. The number of hydrogen-bond acceptors (Lipinski definition) is 3. The van der Waals surface area contributed by atoms with E-state index in [-0.39, 0.29) is 5.91 Å². The molecule has 0 saturated heterocycles. The summed E-state index contributed by atoms with van der Waals surface area (Å²) in [7, 11) is 0. The zero-order valence-corrected chi connectivity index (χ0v) is 13.6. The molecular formula is C19H18N2OS. The molecule has 0 unspecified atom stereocenters. The number of amides is 1. The number of benzene rings is 2. The van der Waals surface area contributed by atoms with E-state index >= 15 is 0 Å². The van der Waals surface area contributed by atoms with Crippen LogP contribution in [0.4, 0.5) is 0 Å². The van der Waals surface area contributed by atoms with Crippen molar-refractivity contribution < 1.29 is 4.79 Å². The number of aromatic nitrogens is 1. The highest BCUT2D eigenvalue weighted by molar-refractivity contribution is 7.11. The van der Waals surface area contributed by atoms with Crippen molar-refractivity contribution >= 4 is 28.0 Å². The van der Waals surface area contributed by atoms with E-state index in [9.17, 15) is 4.79 Å². The normalized spacial score (nSPS) is 14.1. The van der Waals surface area contributed by atoms with Crippen LogP contribution in [0.1, 0.15) is 39.7 Å². The maximum absolute atomic E-state index is 12.4. The first-order chi connectivity index (χ1) is 11.3. The monoisotopic (exact) mass is 322 g/mol. The Morgan fingerprint density at radius 3 is 2.87 bits per heavy atom. The molecule has 1 aromatic heterocycles. The molecule has 1 saturated carbocycles. The van der Waals surface area contributed by atoms with Crippen molar-refractivity contribution in [2.75, 3.05) is 6.54 Å². The van der Waals surface area contributed by atoms with Gasteiger partial charge in [-0.15, -0.1) is 11.3 Å². The number of carbonyl (C=O) groups is 1. The maximum Gasteiger partial charge on any atom is 0.263 e. The van der Waals surface area contributed by atoms with Gasteiger partial charge in [-0.2, -0.15) is 0 Å². The lowest BCUT2D eigenvalue weighted by Crippen LogP contribution is -2.25. The van der Waals surface area contributed by atoms with Gasteiger partial charge in [0.2, 0.25) is 0 Å². The number of nitrogens with one attached hydrogen (secondary N) is 1. The van der Waals surface area contributed by atoms with Crippen LogP contribution in [-0.2, 0) is 6.42 Å². The fraction of sp³-hybridized carbons (Fsp3) is 0.263. The summed E-state index contributed by atoms with van der Waals surface area (Å²) in [5.74, 6) is 0.537. The Morgan fingerprint density at radius 2 is 2.00 bits per heavy atom. The zero-order chi connectivity index (χ0) is 15.6. The summed E-state index contributed by atoms with van der Waals surface area (Å²) in [6.07, 6.45) is 3.17. The molecule has 4 heteroatoms. The third-order valence-electron chi connectivity index (χ3n) is 4.33. The molecule has 4 rings (SSSR count). The van der Waals surface area contributed by atoms with Crippen LogP contribution in [0.25, 0.3) is 10.8 Å². The molecule has 1 aliphatic rings. The van der Waals surface area contributed by atoms with Crippen molar-refractivity contribution in [2.45, 2.75) is 25.2 Å². The van der Waals surface area contributed by atoms with Gasteiger partial charge in [0.05, 0.1) is 11.2 Å². The minimum Gasteiger partial charge on any atom is -0.351 e. The molecule has 116 valence electrons. The third kappa shape index (κ3) is 2.99. The Hall–Kier alpha value is -2.20. The van der Waals surface area contributed by atoms with Gasteiger partial charge in [-0.25, -0.2) is 4.98 Å². The van der Waals surface area contributed by atoms with Crippen LogP contribution in [0, 0.1) is 0 Å². The Labute approximate surface area is 139 Å². The van der Waals surface area contributed by atoms with Crippen molar-refractivity contribution in [1.29, 1.82) is 0 Å². The van der Waals surface area contributed by atoms with E-state index in [1.807, 2.05) is 0 Å². The molecule has 0 bridgehead atoms. The second-order valence-corrected chi connectivity index (χ2v) is 6.84. The van der Waals surface area contributed by atoms with Gasteiger partial charge in [-0.05, 0) is 35.6 Å². The third-order valence-corrected chi connectivity index (χ3v) is 5.17. The smallest absolute Gasteiger partial charge is 0.263 e. The molecule has 0 atom stereocenters. The maximum atomic E-state index is 12.4. The highest BCUT2D eigenvalue weighted by Gasteiger charge is 2.30. The van der Waals surface area contributed by atoms with E-state index < -0.39 is 0 Å². The van der Waals surface area contributed by atoms with Crippen LogP contribution in [0.5, 0.6) is 0 Å². The highest BCUT2D eigenvalue weighted by atomic mass is 32.1. The molecule has 1 N–H and O–H groups in total. The van der Waals surface area contributed by atoms with Gasteiger partial charge in [0.15, 0.2) is 0 Å². The number of thiazole rings is 1. The van der Waals surface area contributed by atoms with Crippen LogP contribution < -0.4 is 5.32 Å². The topological polar surface area (TPSA) is 42.0 Å². The summed E-state index contributed by atoms with van der Waals surface area (Å²) in [5, 5.41) is 5.56.